The molecule has 19 heavy (non-hydrogen) atoms. The van der Waals surface area contributed by atoms with Crippen LogP contribution in [-0.2, 0) is 11.3 Å². The van der Waals surface area contributed by atoms with Gasteiger partial charge in [0.25, 0.3) is 6.43 Å². The van der Waals surface area contributed by atoms with Crippen LogP contribution >= 0.6 is 11.6 Å². The number of halogens is 3. The van der Waals surface area contributed by atoms with Crippen molar-refractivity contribution < 1.29 is 23.0 Å². The molecule has 1 heterocycles. The molecule has 0 aromatic heterocycles. The Labute approximate surface area is 114 Å². The highest BCUT2D eigenvalue weighted by molar-refractivity contribution is 6.32. The van der Waals surface area contributed by atoms with Gasteiger partial charge in [0.15, 0.2) is 11.5 Å². The van der Waals surface area contributed by atoms with Gasteiger partial charge in [-0.1, -0.05) is 11.6 Å². The first-order valence-electron chi connectivity index (χ1n) is 5.81. The maximum absolute atomic E-state index is 11.8. The monoisotopic (exact) mass is 293 g/mol. The van der Waals surface area contributed by atoms with Crippen molar-refractivity contribution in [2.24, 2.45) is 0 Å². The first-order valence-corrected chi connectivity index (χ1v) is 6.19. The third-order valence-electron chi connectivity index (χ3n) is 2.48. The Morgan fingerprint density at radius 3 is 3.00 bits per heavy atom. The van der Waals surface area contributed by atoms with Gasteiger partial charge in [0.1, 0.15) is 6.61 Å². The van der Waals surface area contributed by atoms with Crippen molar-refractivity contribution in [3.8, 4) is 11.5 Å². The summed E-state index contributed by atoms with van der Waals surface area (Å²) in [5.74, 6) is 1.18. The van der Waals surface area contributed by atoms with E-state index in [2.05, 4.69) is 5.32 Å². The molecule has 0 amide bonds. The molecule has 1 aliphatic rings. The first kappa shape index (κ1) is 14.3. The molecule has 0 fully saturated rings. The molecule has 0 aliphatic carbocycles. The lowest BCUT2D eigenvalue weighted by atomic mass is 10.2. The molecule has 0 radical (unpaired) electrons. The summed E-state index contributed by atoms with van der Waals surface area (Å²) in [4.78, 5) is 0. The lowest BCUT2D eigenvalue weighted by Crippen LogP contribution is -2.20. The average molecular weight is 294 g/mol. The summed E-state index contributed by atoms with van der Waals surface area (Å²) in [5, 5.41) is 3.57. The molecule has 1 aliphatic heterocycles. The zero-order chi connectivity index (χ0) is 13.7. The van der Waals surface area contributed by atoms with E-state index >= 15 is 0 Å². The van der Waals surface area contributed by atoms with Gasteiger partial charge in [-0.25, -0.2) is 8.78 Å². The number of hydrogen-bond donors (Lipinski definition) is 1. The predicted octanol–water partition coefficient (Wildman–Crippen LogP) is 2.44. The van der Waals surface area contributed by atoms with Gasteiger partial charge in [0, 0.05) is 13.1 Å². The molecule has 1 N–H and O–H groups in total. The molecule has 0 spiro atoms. The molecule has 0 saturated carbocycles. The molecule has 0 saturated heterocycles. The molecule has 7 heteroatoms. The van der Waals surface area contributed by atoms with Crippen LogP contribution in [0.1, 0.15) is 5.56 Å². The van der Waals surface area contributed by atoms with Crippen LogP contribution in [0.25, 0.3) is 0 Å². The number of nitrogens with one attached hydrogen (secondary N) is 1. The third-order valence-corrected chi connectivity index (χ3v) is 2.76. The minimum absolute atomic E-state index is 0.174. The maximum Gasteiger partial charge on any atom is 0.261 e. The quantitative estimate of drug-likeness (QED) is 0.784. The van der Waals surface area contributed by atoms with Crippen molar-refractivity contribution in [2.75, 3.05) is 26.6 Å². The summed E-state index contributed by atoms with van der Waals surface area (Å²) in [6.07, 6.45) is -2.42. The highest BCUT2D eigenvalue weighted by atomic mass is 35.5. The molecule has 4 nitrogen and oxygen atoms in total. The van der Waals surface area contributed by atoms with Crippen molar-refractivity contribution in [3.05, 3.63) is 22.7 Å². The predicted molar refractivity (Wildman–Crippen MR) is 66.1 cm³/mol. The second-order valence-electron chi connectivity index (χ2n) is 3.95. The number of rotatable bonds is 7. The Morgan fingerprint density at radius 2 is 2.21 bits per heavy atom. The van der Waals surface area contributed by atoms with Gasteiger partial charge in [0.05, 0.1) is 11.6 Å². The van der Waals surface area contributed by atoms with E-state index in [1.54, 1.807) is 6.07 Å². The molecular formula is C12H14ClF2NO3. The normalized spacial score (nSPS) is 13.3. The van der Waals surface area contributed by atoms with E-state index in [-0.39, 0.29) is 13.4 Å². The second-order valence-corrected chi connectivity index (χ2v) is 4.36. The van der Waals surface area contributed by atoms with E-state index in [9.17, 15) is 8.78 Å². The van der Waals surface area contributed by atoms with E-state index in [0.717, 1.165) is 5.56 Å². The number of hydrogen-bond acceptors (Lipinski definition) is 4. The van der Waals surface area contributed by atoms with Crippen molar-refractivity contribution in [3.63, 3.8) is 0 Å². The molecule has 0 atom stereocenters. The van der Waals surface area contributed by atoms with Crippen LogP contribution in [-0.4, -0.2) is 33.0 Å². The lowest BCUT2D eigenvalue weighted by molar-refractivity contribution is 0.0187. The third kappa shape index (κ3) is 4.19. The van der Waals surface area contributed by atoms with Crippen molar-refractivity contribution in [1.82, 2.24) is 5.32 Å². The van der Waals surface area contributed by atoms with Gasteiger partial charge in [-0.3, -0.25) is 0 Å². The van der Waals surface area contributed by atoms with E-state index < -0.39 is 13.0 Å². The fourth-order valence-corrected chi connectivity index (χ4v) is 1.96. The Morgan fingerprint density at radius 1 is 1.37 bits per heavy atom. The minimum atomic E-state index is -2.42. The summed E-state index contributed by atoms with van der Waals surface area (Å²) in [7, 11) is 0. The fourth-order valence-electron chi connectivity index (χ4n) is 1.67. The van der Waals surface area contributed by atoms with Gasteiger partial charge in [-0.2, -0.15) is 0 Å². The SMILES string of the molecule is FC(F)COCCNCc1cc(Cl)c2c(c1)OCO2. The van der Waals surface area contributed by atoms with Crippen molar-refractivity contribution in [2.45, 2.75) is 13.0 Å². The summed E-state index contributed by atoms with van der Waals surface area (Å²) < 4.78 is 38.8. The maximum atomic E-state index is 11.8. The van der Waals surface area contributed by atoms with E-state index in [1.165, 1.54) is 0 Å². The van der Waals surface area contributed by atoms with Crippen LogP contribution in [0.5, 0.6) is 11.5 Å². The van der Waals surface area contributed by atoms with Crippen LogP contribution in [0, 0.1) is 0 Å². The topological polar surface area (TPSA) is 39.7 Å². The average Bonchev–Trinajstić information content (AvgIpc) is 2.82. The molecule has 106 valence electrons. The smallest absolute Gasteiger partial charge is 0.261 e. The molecular weight excluding hydrogens is 280 g/mol. The summed E-state index contributed by atoms with van der Waals surface area (Å²) in [6.45, 7) is 0.917. The number of ether oxygens (including phenoxy) is 3. The summed E-state index contributed by atoms with van der Waals surface area (Å²) in [5.41, 5.74) is 0.933. The minimum Gasteiger partial charge on any atom is -0.454 e. The van der Waals surface area contributed by atoms with Crippen LogP contribution in [0.3, 0.4) is 0 Å². The van der Waals surface area contributed by atoms with Crippen LogP contribution in [0.15, 0.2) is 12.1 Å². The van der Waals surface area contributed by atoms with E-state index in [0.29, 0.717) is 29.6 Å². The second kappa shape index (κ2) is 6.88. The number of alkyl halides is 2. The highest BCUT2D eigenvalue weighted by Crippen LogP contribution is 2.39. The fraction of sp³-hybridized carbons (Fsp3) is 0.500. The van der Waals surface area contributed by atoms with Crippen molar-refractivity contribution >= 4 is 11.6 Å². The van der Waals surface area contributed by atoms with E-state index in [1.807, 2.05) is 6.07 Å². The summed E-state index contributed by atoms with van der Waals surface area (Å²) >= 11 is 6.03. The largest absolute Gasteiger partial charge is 0.454 e. The van der Waals surface area contributed by atoms with Crippen LogP contribution in [0.2, 0.25) is 5.02 Å². The van der Waals surface area contributed by atoms with E-state index in [4.69, 9.17) is 25.8 Å². The van der Waals surface area contributed by atoms with Gasteiger partial charge in [-0.15, -0.1) is 0 Å². The molecule has 1 aromatic rings. The molecule has 1 aromatic carbocycles. The van der Waals surface area contributed by atoms with Crippen LogP contribution < -0.4 is 14.8 Å². The van der Waals surface area contributed by atoms with Gasteiger partial charge < -0.3 is 19.5 Å². The Kier molecular flexibility index (Phi) is 5.18. The zero-order valence-corrected chi connectivity index (χ0v) is 10.9. The molecule has 0 unspecified atom stereocenters. The standard InChI is InChI=1S/C12H14ClF2NO3/c13-9-3-8(4-10-12(9)19-7-18-10)5-16-1-2-17-6-11(14)15/h3-4,11,16H,1-2,5-7H2. The highest BCUT2D eigenvalue weighted by Gasteiger charge is 2.17. The zero-order valence-electron chi connectivity index (χ0n) is 10.1. The number of benzene rings is 1. The first-order chi connectivity index (χ1) is 9.16. The summed E-state index contributed by atoms with van der Waals surface area (Å²) in [6, 6.07) is 3.61. The number of fused-ring (bicyclic) bond motifs is 1. The van der Waals surface area contributed by atoms with Gasteiger partial charge in [-0.05, 0) is 17.7 Å². The lowest BCUT2D eigenvalue weighted by Gasteiger charge is -2.07. The van der Waals surface area contributed by atoms with Crippen LogP contribution in [0.4, 0.5) is 8.78 Å². The van der Waals surface area contributed by atoms with Gasteiger partial charge in [0.2, 0.25) is 6.79 Å². The molecule has 2 rings (SSSR count). The molecule has 0 bridgehead atoms. The Balaban J connectivity index is 1.73. The van der Waals surface area contributed by atoms with Crippen molar-refractivity contribution in [1.29, 1.82) is 0 Å². The van der Waals surface area contributed by atoms with Gasteiger partial charge >= 0.3 is 0 Å². The Bertz CT molecular complexity index is 432. The Hall–Kier alpha value is -1.11.